The molecule has 0 saturated heterocycles. The molecule has 4 nitrogen and oxygen atoms in total. The SMILES string of the molecule is C=C.Cc1ccc(C#CCOc2cc(CC(OC(C)C)C(=O)O)ccc2C)cc1. The lowest BCUT2D eigenvalue weighted by Gasteiger charge is -2.17. The van der Waals surface area contributed by atoms with Gasteiger partial charge in [-0.15, -0.1) is 13.2 Å². The average Bonchev–Trinajstić information content (AvgIpc) is 2.69. The number of hydrogen-bond donors (Lipinski definition) is 1. The zero-order valence-electron chi connectivity index (χ0n) is 17.7. The number of carboxylic acid groups (broad SMARTS) is 1. The van der Waals surface area contributed by atoms with E-state index < -0.39 is 12.1 Å². The summed E-state index contributed by atoms with van der Waals surface area (Å²) in [6, 6.07) is 13.7. The topological polar surface area (TPSA) is 55.8 Å². The van der Waals surface area contributed by atoms with Crippen LogP contribution in [0.3, 0.4) is 0 Å². The molecule has 0 aliphatic carbocycles. The minimum atomic E-state index is -0.962. The number of ether oxygens (including phenoxy) is 2. The second-order valence-electron chi connectivity index (χ2n) is 6.77. The third-order valence-corrected chi connectivity index (χ3v) is 3.97. The Balaban J connectivity index is 0.00000204. The first-order valence-corrected chi connectivity index (χ1v) is 9.51. The molecule has 1 unspecified atom stereocenters. The van der Waals surface area contributed by atoms with E-state index in [9.17, 15) is 9.90 Å². The van der Waals surface area contributed by atoms with Crippen LogP contribution in [-0.2, 0) is 16.0 Å². The van der Waals surface area contributed by atoms with E-state index in [1.807, 2.05) is 70.2 Å². The summed E-state index contributed by atoms with van der Waals surface area (Å²) in [5.41, 5.74) is 3.98. The number of rotatable bonds is 7. The number of benzene rings is 2. The van der Waals surface area contributed by atoms with Crippen LogP contribution >= 0.6 is 0 Å². The summed E-state index contributed by atoms with van der Waals surface area (Å²) in [4.78, 5) is 11.4. The van der Waals surface area contributed by atoms with E-state index in [1.165, 1.54) is 5.56 Å². The maximum absolute atomic E-state index is 11.4. The number of aryl methyl sites for hydroxylation is 2. The highest BCUT2D eigenvalue weighted by Gasteiger charge is 2.20. The Bertz CT molecular complexity index is 841. The van der Waals surface area contributed by atoms with Crippen molar-refractivity contribution in [2.24, 2.45) is 0 Å². The van der Waals surface area contributed by atoms with E-state index in [0.29, 0.717) is 12.2 Å². The highest BCUT2D eigenvalue weighted by atomic mass is 16.5. The van der Waals surface area contributed by atoms with Crippen LogP contribution in [0.4, 0.5) is 0 Å². The lowest BCUT2D eigenvalue weighted by molar-refractivity contribution is -0.153. The number of carboxylic acids is 1. The van der Waals surface area contributed by atoms with Crippen molar-refractivity contribution in [3.63, 3.8) is 0 Å². The molecule has 0 radical (unpaired) electrons. The van der Waals surface area contributed by atoms with E-state index in [1.54, 1.807) is 0 Å². The van der Waals surface area contributed by atoms with Crippen LogP contribution in [0.2, 0.25) is 0 Å². The van der Waals surface area contributed by atoms with Crippen molar-refractivity contribution in [2.75, 3.05) is 6.61 Å². The molecule has 2 rings (SSSR count). The van der Waals surface area contributed by atoms with Crippen LogP contribution in [0.25, 0.3) is 0 Å². The van der Waals surface area contributed by atoms with Crippen molar-refractivity contribution in [3.05, 3.63) is 77.9 Å². The van der Waals surface area contributed by atoms with Crippen LogP contribution in [-0.4, -0.2) is 29.9 Å². The third kappa shape index (κ3) is 8.68. The molecule has 0 amide bonds. The molecule has 0 aliphatic heterocycles. The van der Waals surface area contributed by atoms with Crippen molar-refractivity contribution in [1.82, 2.24) is 0 Å². The van der Waals surface area contributed by atoms with E-state index in [-0.39, 0.29) is 12.7 Å². The van der Waals surface area contributed by atoms with Crippen molar-refractivity contribution >= 4 is 5.97 Å². The summed E-state index contributed by atoms with van der Waals surface area (Å²) in [5, 5.41) is 9.33. The van der Waals surface area contributed by atoms with Gasteiger partial charge in [-0.25, -0.2) is 4.79 Å². The molecule has 1 N–H and O–H groups in total. The molecular formula is C25H30O4. The van der Waals surface area contributed by atoms with Gasteiger partial charge in [-0.05, 0) is 57.0 Å². The summed E-state index contributed by atoms with van der Waals surface area (Å²) in [6.45, 7) is 13.9. The van der Waals surface area contributed by atoms with E-state index in [0.717, 1.165) is 16.7 Å². The van der Waals surface area contributed by atoms with Gasteiger partial charge in [0.05, 0.1) is 6.10 Å². The summed E-state index contributed by atoms with van der Waals surface area (Å²) >= 11 is 0. The zero-order chi connectivity index (χ0) is 21.8. The van der Waals surface area contributed by atoms with Crippen molar-refractivity contribution in [3.8, 4) is 17.6 Å². The Morgan fingerprint density at radius 3 is 2.34 bits per heavy atom. The molecule has 2 aromatic rings. The van der Waals surface area contributed by atoms with Crippen molar-refractivity contribution in [2.45, 2.75) is 46.3 Å². The van der Waals surface area contributed by atoms with Crippen molar-refractivity contribution in [1.29, 1.82) is 0 Å². The van der Waals surface area contributed by atoms with Gasteiger partial charge in [0.1, 0.15) is 12.4 Å². The summed E-state index contributed by atoms with van der Waals surface area (Å²) in [5.74, 6) is 5.83. The van der Waals surface area contributed by atoms with Crippen LogP contribution in [0.1, 0.15) is 36.1 Å². The first-order chi connectivity index (χ1) is 13.8. The molecule has 0 aliphatic rings. The molecule has 0 heterocycles. The number of hydrogen-bond acceptors (Lipinski definition) is 3. The Morgan fingerprint density at radius 1 is 1.10 bits per heavy atom. The summed E-state index contributed by atoms with van der Waals surface area (Å²) in [6.07, 6.45) is -0.731. The van der Waals surface area contributed by atoms with Gasteiger partial charge in [-0.3, -0.25) is 0 Å². The monoisotopic (exact) mass is 394 g/mol. The maximum Gasteiger partial charge on any atom is 0.333 e. The fourth-order valence-corrected chi connectivity index (χ4v) is 2.55. The predicted octanol–water partition coefficient (Wildman–Crippen LogP) is 4.96. The second kappa shape index (κ2) is 12.4. The maximum atomic E-state index is 11.4. The van der Waals surface area contributed by atoms with E-state index >= 15 is 0 Å². The minimum Gasteiger partial charge on any atom is -0.481 e. The van der Waals surface area contributed by atoms with Gasteiger partial charge in [-0.1, -0.05) is 41.7 Å². The highest BCUT2D eigenvalue weighted by molar-refractivity contribution is 5.72. The molecule has 0 saturated carbocycles. The average molecular weight is 395 g/mol. The first-order valence-electron chi connectivity index (χ1n) is 9.51. The molecule has 1 atom stereocenters. The van der Waals surface area contributed by atoms with Crippen LogP contribution < -0.4 is 4.74 Å². The predicted molar refractivity (Wildman–Crippen MR) is 117 cm³/mol. The standard InChI is InChI=1S/C23H26O4.C2H4/c1-16(2)27-22(23(24)25)15-20-12-9-18(4)21(14-20)26-13-5-6-19-10-7-17(3)8-11-19;1-2/h7-12,14,16,22H,13,15H2,1-4H3,(H,24,25);1-2H2. The van der Waals surface area contributed by atoms with Gasteiger partial charge in [0.2, 0.25) is 0 Å². The lowest BCUT2D eigenvalue weighted by atomic mass is 10.0. The Hall–Kier alpha value is -3.03. The highest BCUT2D eigenvalue weighted by Crippen LogP contribution is 2.21. The molecule has 2 aromatic carbocycles. The molecule has 4 heteroatoms. The van der Waals surface area contributed by atoms with Crippen LogP contribution in [0.5, 0.6) is 5.75 Å². The largest absolute Gasteiger partial charge is 0.481 e. The molecule has 29 heavy (non-hydrogen) atoms. The number of aliphatic carboxylic acids is 1. The molecule has 154 valence electrons. The minimum absolute atomic E-state index is 0.149. The fourth-order valence-electron chi connectivity index (χ4n) is 2.55. The van der Waals surface area contributed by atoms with Gasteiger partial charge >= 0.3 is 5.97 Å². The first kappa shape index (κ1) is 24.0. The molecule has 0 bridgehead atoms. The Labute approximate surface area is 174 Å². The summed E-state index contributed by atoms with van der Waals surface area (Å²) in [7, 11) is 0. The summed E-state index contributed by atoms with van der Waals surface area (Å²) < 4.78 is 11.3. The zero-order valence-corrected chi connectivity index (χ0v) is 17.7. The molecule has 0 fully saturated rings. The van der Waals surface area contributed by atoms with Crippen LogP contribution in [0.15, 0.2) is 55.6 Å². The fraction of sp³-hybridized carbons (Fsp3) is 0.320. The Kier molecular flexibility index (Phi) is 10.3. The quantitative estimate of drug-likeness (QED) is 0.533. The van der Waals surface area contributed by atoms with E-state index in [2.05, 4.69) is 25.0 Å². The van der Waals surface area contributed by atoms with Crippen LogP contribution in [0, 0.1) is 25.7 Å². The normalized spacial score (nSPS) is 10.9. The lowest BCUT2D eigenvalue weighted by Crippen LogP contribution is -2.29. The second-order valence-corrected chi connectivity index (χ2v) is 6.77. The van der Waals surface area contributed by atoms with Gasteiger partial charge in [0, 0.05) is 12.0 Å². The molecule has 0 aromatic heterocycles. The number of carbonyl (C=O) groups is 1. The van der Waals surface area contributed by atoms with E-state index in [4.69, 9.17) is 9.47 Å². The van der Waals surface area contributed by atoms with Crippen molar-refractivity contribution < 1.29 is 19.4 Å². The molecular weight excluding hydrogens is 364 g/mol. The van der Waals surface area contributed by atoms with Gasteiger partial charge in [0.15, 0.2) is 6.10 Å². The van der Waals surface area contributed by atoms with Gasteiger partial charge in [0.25, 0.3) is 0 Å². The molecule has 0 spiro atoms. The van der Waals surface area contributed by atoms with Gasteiger partial charge < -0.3 is 14.6 Å². The third-order valence-electron chi connectivity index (χ3n) is 3.97. The smallest absolute Gasteiger partial charge is 0.333 e. The Morgan fingerprint density at radius 2 is 1.76 bits per heavy atom. The van der Waals surface area contributed by atoms with Gasteiger partial charge in [-0.2, -0.15) is 0 Å².